The van der Waals surface area contributed by atoms with E-state index in [0.717, 1.165) is 12.1 Å². The summed E-state index contributed by atoms with van der Waals surface area (Å²) in [6.45, 7) is 7.52. The fourth-order valence-corrected chi connectivity index (χ4v) is 1.52. The Hall–Kier alpha value is -1.42. The zero-order valence-corrected chi connectivity index (χ0v) is 10.7. The first-order valence-corrected chi connectivity index (χ1v) is 6.06. The van der Waals surface area contributed by atoms with E-state index in [4.69, 9.17) is 0 Å². The Bertz CT molecular complexity index is 340. The maximum absolute atomic E-state index is 11.9. The van der Waals surface area contributed by atoms with Gasteiger partial charge in [0.15, 0.2) is 0 Å². The molecular formula is C13H21N3O. The Kier molecular flexibility index (Phi) is 5.63. The molecule has 0 saturated carbocycles. The smallest absolute Gasteiger partial charge is 0.224 e. The van der Waals surface area contributed by atoms with Crippen LogP contribution in [0, 0.1) is 5.92 Å². The van der Waals surface area contributed by atoms with Crippen LogP contribution in [0.2, 0.25) is 0 Å². The summed E-state index contributed by atoms with van der Waals surface area (Å²) in [5.41, 5.74) is 1.02. The van der Waals surface area contributed by atoms with E-state index >= 15 is 0 Å². The molecule has 2 N–H and O–H groups in total. The zero-order valence-electron chi connectivity index (χ0n) is 10.7. The Labute approximate surface area is 103 Å². The number of hydrogen-bond acceptors (Lipinski definition) is 3. The van der Waals surface area contributed by atoms with Gasteiger partial charge in [-0.1, -0.05) is 19.9 Å². The van der Waals surface area contributed by atoms with Crippen LogP contribution >= 0.6 is 0 Å². The van der Waals surface area contributed by atoms with E-state index in [9.17, 15) is 4.79 Å². The molecule has 0 aliphatic rings. The summed E-state index contributed by atoms with van der Waals surface area (Å²) in [5.74, 6) is 0.0522. The number of pyridine rings is 1. The molecule has 0 bridgehead atoms. The van der Waals surface area contributed by atoms with Crippen molar-refractivity contribution in [3.8, 4) is 0 Å². The molecule has 2 atom stereocenters. The van der Waals surface area contributed by atoms with Crippen LogP contribution in [0.25, 0.3) is 0 Å². The maximum atomic E-state index is 11.9. The van der Waals surface area contributed by atoms with E-state index in [-0.39, 0.29) is 17.9 Å². The molecule has 1 aromatic rings. The number of carbonyl (C=O) groups is 1. The van der Waals surface area contributed by atoms with Gasteiger partial charge in [0, 0.05) is 24.9 Å². The minimum atomic E-state index is -0.0194. The van der Waals surface area contributed by atoms with Gasteiger partial charge in [0.05, 0.1) is 6.04 Å². The molecule has 0 radical (unpaired) electrons. The number of amides is 1. The van der Waals surface area contributed by atoms with Crippen LogP contribution in [0.3, 0.4) is 0 Å². The van der Waals surface area contributed by atoms with Crippen molar-refractivity contribution >= 4 is 5.91 Å². The number of carbonyl (C=O) groups excluding carboxylic acids is 1. The third kappa shape index (κ3) is 4.53. The van der Waals surface area contributed by atoms with E-state index in [2.05, 4.69) is 15.6 Å². The van der Waals surface area contributed by atoms with Crippen LogP contribution < -0.4 is 10.6 Å². The first-order chi connectivity index (χ1) is 8.15. The minimum absolute atomic E-state index is 0.000256. The van der Waals surface area contributed by atoms with Gasteiger partial charge < -0.3 is 10.6 Å². The highest BCUT2D eigenvalue weighted by molar-refractivity contribution is 5.78. The Morgan fingerprint density at radius 3 is 2.82 bits per heavy atom. The van der Waals surface area contributed by atoms with Crippen molar-refractivity contribution in [3.63, 3.8) is 0 Å². The van der Waals surface area contributed by atoms with Gasteiger partial charge in [0.25, 0.3) is 0 Å². The summed E-state index contributed by atoms with van der Waals surface area (Å²) < 4.78 is 0. The van der Waals surface area contributed by atoms with Crippen LogP contribution in [-0.4, -0.2) is 24.0 Å². The summed E-state index contributed by atoms with van der Waals surface area (Å²) in [6.07, 6.45) is 3.51. The molecule has 1 unspecified atom stereocenters. The van der Waals surface area contributed by atoms with Gasteiger partial charge in [-0.3, -0.25) is 9.78 Å². The highest BCUT2D eigenvalue weighted by atomic mass is 16.1. The number of rotatable bonds is 6. The Morgan fingerprint density at radius 1 is 1.47 bits per heavy atom. The third-order valence-corrected chi connectivity index (χ3v) is 2.69. The molecule has 17 heavy (non-hydrogen) atoms. The number of aromatic nitrogens is 1. The first kappa shape index (κ1) is 13.6. The number of nitrogens with zero attached hydrogens (tertiary/aromatic N) is 1. The third-order valence-electron chi connectivity index (χ3n) is 2.69. The zero-order chi connectivity index (χ0) is 12.7. The van der Waals surface area contributed by atoms with E-state index in [1.54, 1.807) is 12.4 Å². The molecule has 1 rings (SSSR count). The molecule has 1 aromatic heterocycles. The van der Waals surface area contributed by atoms with Gasteiger partial charge in [-0.25, -0.2) is 0 Å². The molecule has 0 aliphatic heterocycles. The highest BCUT2D eigenvalue weighted by Gasteiger charge is 2.15. The number of nitrogens with one attached hydrogen (secondary N) is 2. The average molecular weight is 235 g/mol. The molecular weight excluding hydrogens is 214 g/mol. The Morgan fingerprint density at radius 2 is 2.24 bits per heavy atom. The van der Waals surface area contributed by atoms with Crippen molar-refractivity contribution in [3.05, 3.63) is 30.1 Å². The summed E-state index contributed by atoms with van der Waals surface area (Å²) in [5, 5.41) is 6.15. The summed E-state index contributed by atoms with van der Waals surface area (Å²) >= 11 is 0. The van der Waals surface area contributed by atoms with Crippen molar-refractivity contribution in [1.29, 1.82) is 0 Å². The molecule has 0 saturated heterocycles. The topological polar surface area (TPSA) is 54.0 Å². The lowest BCUT2D eigenvalue weighted by Gasteiger charge is -2.17. The van der Waals surface area contributed by atoms with Crippen molar-refractivity contribution in [1.82, 2.24) is 15.6 Å². The van der Waals surface area contributed by atoms with Crippen LogP contribution in [0.15, 0.2) is 24.5 Å². The molecule has 4 heteroatoms. The predicted octanol–water partition coefficient (Wildman–Crippen LogP) is 1.50. The van der Waals surface area contributed by atoms with E-state index in [1.165, 1.54) is 0 Å². The van der Waals surface area contributed by atoms with Gasteiger partial charge in [-0.05, 0) is 25.1 Å². The van der Waals surface area contributed by atoms with Gasteiger partial charge in [-0.2, -0.15) is 0 Å². The fourth-order valence-electron chi connectivity index (χ4n) is 1.52. The predicted molar refractivity (Wildman–Crippen MR) is 68.5 cm³/mol. The fraction of sp³-hybridized carbons (Fsp3) is 0.538. The maximum Gasteiger partial charge on any atom is 0.224 e. The van der Waals surface area contributed by atoms with Crippen LogP contribution in [0.4, 0.5) is 0 Å². The molecule has 0 spiro atoms. The van der Waals surface area contributed by atoms with Crippen molar-refractivity contribution < 1.29 is 4.79 Å². The monoisotopic (exact) mass is 235 g/mol. The molecule has 1 amide bonds. The van der Waals surface area contributed by atoms with Crippen molar-refractivity contribution in [2.75, 3.05) is 13.1 Å². The van der Waals surface area contributed by atoms with E-state index in [0.29, 0.717) is 6.54 Å². The summed E-state index contributed by atoms with van der Waals surface area (Å²) in [7, 11) is 0. The molecule has 4 nitrogen and oxygen atoms in total. The van der Waals surface area contributed by atoms with Crippen LogP contribution in [0.1, 0.15) is 32.4 Å². The second kappa shape index (κ2) is 7.01. The second-order valence-electron chi connectivity index (χ2n) is 4.23. The molecule has 1 heterocycles. The largest absolute Gasteiger partial charge is 0.349 e. The average Bonchev–Trinajstić information content (AvgIpc) is 2.36. The SMILES string of the molecule is CCNCC(C)C(=O)N[C@H](C)c1cccnc1. The first-order valence-electron chi connectivity index (χ1n) is 6.06. The van der Waals surface area contributed by atoms with E-state index < -0.39 is 0 Å². The highest BCUT2D eigenvalue weighted by Crippen LogP contribution is 2.10. The van der Waals surface area contributed by atoms with E-state index in [1.807, 2.05) is 32.9 Å². The quantitative estimate of drug-likeness (QED) is 0.785. The molecule has 0 fully saturated rings. The lowest BCUT2D eigenvalue weighted by atomic mass is 10.1. The second-order valence-corrected chi connectivity index (χ2v) is 4.23. The van der Waals surface area contributed by atoms with Crippen molar-refractivity contribution in [2.45, 2.75) is 26.8 Å². The van der Waals surface area contributed by atoms with Gasteiger partial charge in [-0.15, -0.1) is 0 Å². The van der Waals surface area contributed by atoms with Gasteiger partial charge >= 0.3 is 0 Å². The molecule has 0 aliphatic carbocycles. The van der Waals surface area contributed by atoms with Gasteiger partial charge in [0.1, 0.15) is 0 Å². The van der Waals surface area contributed by atoms with Crippen LogP contribution in [-0.2, 0) is 4.79 Å². The Balaban J connectivity index is 2.46. The standard InChI is InChI=1S/C13H21N3O/c1-4-14-8-10(2)13(17)16-11(3)12-6-5-7-15-9-12/h5-7,9-11,14H,4,8H2,1-3H3,(H,16,17)/t10?,11-/m1/s1. The normalized spacial score (nSPS) is 14.1. The van der Waals surface area contributed by atoms with Crippen LogP contribution in [0.5, 0.6) is 0 Å². The van der Waals surface area contributed by atoms with Gasteiger partial charge in [0.2, 0.25) is 5.91 Å². The lowest BCUT2D eigenvalue weighted by molar-refractivity contribution is -0.125. The van der Waals surface area contributed by atoms with Crippen molar-refractivity contribution in [2.24, 2.45) is 5.92 Å². The number of hydrogen-bond donors (Lipinski definition) is 2. The summed E-state index contributed by atoms with van der Waals surface area (Å²) in [4.78, 5) is 15.9. The minimum Gasteiger partial charge on any atom is -0.349 e. The summed E-state index contributed by atoms with van der Waals surface area (Å²) in [6, 6.07) is 3.84. The molecule has 0 aromatic carbocycles. The molecule has 94 valence electrons. The lowest BCUT2D eigenvalue weighted by Crippen LogP contribution is -2.36.